The molecule has 98 valence electrons. The van der Waals surface area contributed by atoms with Gasteiger partial charge in [0.1, 0.15) is 0 Å². The van der Waals surface area contributed by atoms with Crippen LogP contribution in [-0.2, 0) is 17.7 Å². The number of nitrogens with zero attached hydrogens (tertiary/aromatic N) is 2. The van der Waals surface area contributed by atoms with Gasteiger partial charge in [-0.05, 0) is 33.3 Å². The van der Waals surface area contributed by atoms with Gasteiger partial charge in [-0.1, -0.05) is 6.92 Å². The van der Waals surface area contributed by atoms with Crippen LogP contribution in [0.15, 0.2) is 6.07 Å². The highest BCUT2D eigenvalue weighted by molar-refractivity contribution is 5.10. The smallest absolute Gasteiger partial charge is 0.0856 e. The fraction of sp³-hybridized carbons (Fsp3) is 0.769. The molecule has 0 fully saturated rings. The average Bonchev–Trinajstić information content (AvgIpc) is 2.66. The van der Waals surface area contributed by atoms with Crippen LogP contribution in [0.2, 0.25) is 0 Å². The Morgan fingerprint density at radius 2 is 2.12 bits per heavy atom. The van der Waals surface area contributed by atoms with E-state index in [2.05, 4.69) is 12.0 Å². The summed E-state index contributed by atoms with van der Waals surface area (Å²) in [7, 11) is 0. The Balaban J connectivity index is 2.68. The van der Waals surface area contributed by atoms with Crippen LogP contribution in [0.4, 0.5) is 0 Å². The topological polar surface area (TPSA) is 47.3 Å². The molecule has 1 heterocycles. The van der Waals surface area contributed by atoms with Crippen molar-refractivity contribution in [1.29, 1.82) is 0 Å². The van der Waals surface area contributed by atoms with Gasteiger partial charge >= 0.3 is 0 Å². The lowest BCUT2D eigenvalue weighted by Gasteiger charge is -2.21. The van der Waals surface area contributed by atoms with E-state index >= 15 is 0 Å². The number of ether oxygens (including phenoxy) is 1. The normalized spacial score (nSPS) is 14.9. The van der Waals surface area contributed by atoms with Crippen molar-refractivity contribution in [3.05, 3.63) is 17.5 Å². The molecule has 0 amide bonds. The largest absolute Gasteiger partial charge is 0.390 e. The van der Waals surface area contributed by atoms with Crippen molar-refractivity contribution in [3.8, 4) is 0 Å². The highest BCUT2D eigenvalue weighted by atomic mass is 16.5. The van der Waals surface area contributed by atoms with Gasteiger partial charge < -0.3 is 9.84 Å². The van der Waals surface area contributed by atoms with Gasteiger partial charge in [-0.3, -0.25) is 4.68 Å². The quantitative estimate of drug-likeness (QED) is 0.792. The summed E-state index contributed by atoms with van der Waals surface area (Å²) in [5, 5.41) is 14.5. The van der Waals surface area contributed by atoms with Gasteiger partial charge in [-0.15, -0.1) is 0 Å². The second kappa shape index (κ2) is 6.77. The van der Waals surface area contributed by atoms with Crippen LogP contribution in [0.5, 0.6) is 0 Å². The van der Waals surface area contributed by atoms with Gasteiger partial charge in [0, 0.05) is 25.3 Å². The molecule has 0 aliphatic carbocycles. The molecule has 0 aliphatic rings. The van der Waals surface area contributed by atoms with E-state index in [1.165, 1.54) is 0 Å². The fourth-order valence-electron chi connectivity index (χ4n) is 2.10. The molecule has 0 saturated carbocycles. The van der Waals surface area contributed by atoms with E-state index in [-0.39, 0.29) is 6.10 Å². The van der Waals surface area contributed by atoms with Crippen LogP contribution < -0.4 is 0 Å². The molecule has 2 unspecified atom stereocenters. The Kier molecular flexibility index (Phi) is 5.65. The third kappa shape index (κ3) is 3.82. The Morgan fingerprint density at radius 3 is 2.65 bits per heavy atom. The molecule has 0 aliphatic heterocycles. The number of aliphatic hydroxyl groups is 1. The zero-order valence-electron chi connectivity index (χ0n) is 11.3. The first-order valence-electron chi connectivity index (χ1n) is 6.45. The maximum Gasteiger partial charge on any atom is 0.0856 e. The summed E-state index contributed by atoms with van der Waals surface area (Å²) in [4.78, 5) is 0. The van der Waals surface area contributed by atoms with Crippen molar-refractivity contribution >= 4 is 0 Å². The molecule has 0 spiro atoms. The van der Waals surface area contributed by atoms with E-state index in [1.54, 1.807) is 0 Å². The fourth-order valence-corrected chi connectivity index (χ4v) is 2.10. The van der Waals surface area contributed by atoms with Gasteiger partial charge in [0.15, 0.2) is 0 Å². The van der Waals surface area contributed by atoms with Crippen molar-refractivity contribution < 1.29 is 9.84 Å². The van der Waals surface area contributed by atoms with Gasteiger partial charge in [0.05, 0.1) is 17.9 Å². The summed E-state index contributed by atoms with van der Waals surface area (Å²) < 4.78 is 7.47. The molecular formula is C13H24N2O2. The first kappa shape index (κ1) is 14.2. The van der Waals surface area contributed by atoms with Crippen LogP contribution in [0, 0.1) is 6.92 Å². The number of aromatic nitrogens is 2. The Morgan fingerprint density at radius 1 is 1.41 bits per heavy atom. The molecule has 17 heavy (non-hydrogen) atoms. The average molecular weight is 240 g/mol. The van der Waals surface area contributed by atoms with Crippen LogP contribution in [0.1, 0.15) is 38.6 Å². The van der Waals surface area contributed by atoms with Crippen molar-refractivity contribution in [2.24, 2.45) is 0 Å². The van der Waals surface area contributed by atoms with E-state index in [9.17, 15) is 5.11 Å². The summed E-state index contributed by atoms with van der Waals surface area (Å²) >= 11 is 0. The first-order valence-corrected chi connectivity index (χ1v) is 6.45. The Bertz CT molecular complexity index is 336. The molecule has 0 saturated heterocycles. The van der Waals surface area contributed by atoms with Crippen LogP contribution >= 0.6 is 0 Å². The number of hydrogen-bond donors (Lipinski definition) is 1. The molecule has 1 aromatic rings. The number of rotatable bonds is 7. The number of hydrogen-bond acceptors (Lipinski definition) is 3. The molecule has 1 aromatic heterocycles. The van der Waals surface area contributed by atoms with E-state index < -0.39 is 6.10 Å². The summed E-state index contributed by atoms with van der Waals surface area (Å²) in [5.41, 5.74) is 2.08. The molecule has 4 heteroatoms. The predicted molar refractivity (Wildman–Crippen MR) is 68.1 cm³/mol. The molecule has 0 bridgehead atoms. The van der Waals surface area contributed by atoms with Crippen molar-refractivity contribution in [2.75, 3.05) is 6.61 Å². The molecule has 0 radical (unpaired) electrons. The van der Waals surface area contributed by atoms with E-state index in [4.69, 9.17) is 4.74 Å². The van der Waals surface area contributed by atoms with Gasteiger partial charge in [0.2, 0.25) is 0 Å². The minimum absolute atomic E-state index is 0.0829. The van der Waals surface area contributed by atoms with Gasteiger partial charge in [-0.25, -0.2) is 0 Å². The molecular weight excluding hydrogens is 216 g/mol. The van der Waals surface area contributed by atoms with E-state index in [1.807, 2.05) is 31.5 Å². The second-order valence-electron chi connectivity index (χ2n) is 4.27. The maximum absolute atomic E-state index is 10.2. The summed E-state index contributed by atoms with van der Waals surface area (Å²) in [6.45, 7) is 9.49. The highest BCUT2D eigenvalue weighted by Gasteiger charge is 2.19. The summed E-state index contributed by atoms with van der Waals surface area (Å²) in [6.07, 6.45) is 0.892. The van der Waals surface area contributed by atoms with Crippen molar-refractivity contribution in [2.45, 2.75) is 59.3 Å². The summed E-state index contributed by atoms with van der Waals surface area (Å²) in [6, 6.07) is 2.03. The lowest BCUT2D eigenvalue weighted by Crippen LogP contribution is -2.31. The zero-order chi connectivity index (χ0) is 12.8. The van der Waals surface area contributed by atoms with Crippen LogP contribution in [-0.4, -0.2) is 33.7 Å². The second-order valence-corrected chi connectivity index (χ2v) is 4.27. The number of aryl methyl sites for hydroxylation is 2. The van der Waals surface area contributed by atoms with E-state index in [0.717, 1.165) is 24.4 Å². The zero-order valence-corrected chi connectivity index (χ0v) is 11.3. The minimum atomic E-state index is -0.457. The number of aliphatic hydroxyl groups excluding tert-OH is 1. The maximum atomic E-state index is 10.2. The minimum Gasteiger partial charge on any atom is -0.390 e. The van der Waals surface area contributed by atoms with Crippen molar-refractivity contribution in [3.63, 3.8) is 0 Å². The van der Waals surface area contributed by atoms with Gasteiger partial charge in [-0.2, -0.15) is 5.10 Å². The Labute approximate surface area is 104 Å². The standard InChI is InChI=1S/C13H24N2O2/c1-5-13(17-7-3)12(16)9-11-8-10(4)14-15(11)6-2/h8,12-13,16H,5-7,9H2,1-4H3. The third-order valence-electron chi connectivity index (χ3n) is 2.92. The SMILES string of the molecule is CCOC(CC)C(O)Cc1cc(C)nn1CC. The Hall–Kier alpha value is -0.870. The molecule has 2 atom stereocenters. The van der Waals surface area contributed by atoms with E-state index in [0.29, 0.717) is 13.0 Å². The monoisotopic (exact) mass is 240 g/mol. The third-order valence-corrected chi connectivity index (χ3v) is 2.92. The lowest BCUT2D eigenvalue weighted by molar-refractivity contribution is -0.0341. The molecule has 1 rings (SSSR count). The molecule has 4 nitrogen and oxygen atoms in total. The predicted octanol–water partition coefficient (Wildman–Crippen LogP) is 1.93. The van der Waals surface area contributed by atoms with Crippen LogP contribution in [0.25, 0.3) is 0 Å². The highest BCUT2D eigenvalue weighted by Crippen LogP contribution is 2.12. The first-order chi connectivity index (χ1) is 8.12. The lowest BCUT2D eigenvalue weighted by atomic mass is 10.1. The molecule has 1 N–H and O–H groups in total. The van der Waals surface area contributed by atoms with Crippen LogP contribution in [0.3, 0.4) is 0 Å². The van der Waals surface area contributed by atoms with Crippen molar-refractivity contribution in [1.82, 2.24) is 9.78 Å². The molecule has 0 aromatic carbocycles. The van der Waals surface area contributed by atoms with Gasteiger partial charge in [0.25, 0.3) is 0 Å². The summed E-state index contributed by atoms with van der Waals surface area (Å²) in [5.74, 6) is 0.